The van der Waals surface area contributed by atoms with Gasteiger partial charge in [-0.2, -0.15) is 5.10 Å². The van der Waals surface area contributed by atoms with Crippen LogP contribution in [0.2, 0.25) is 0 Å². The molecule has 3 rings (SSSR count). The first-order valence-corrected chi connectivity index (χ1v) is 6.04. The Kier molecular flexibility index (Phi) is 2.83. The quantitative estimate of drug-likeness (QED) is 0.800. The number of nitrogens with zero attached hydrogens (tertiary/aromatic N) is 2. The number of anilines is 1. The van der Waals surface area contributed by atoms with E-state index >= 15 is 0 Å². The van der Waals surface area contributed by atoms with Crippen molar-refractivity contribution in [3.8, 4) is 5.75 Å². The fourth-order valence-electron chi connectivity index (χ4n) is 2.14. The molecule has 6 nitrogen and oxygen atoms in total. The molecule has 2 heterocycles. The molecule has 19 heavy (non-hydrogen) atoms. The van der Waals surface area contributed by atoms with E-state index in [0.29, 0.717) is 31.1 Å². The summed E-state index contributed by atoms with van der Waals surface area (Å²) in [5, 5.41) is 6.35. The van der Waals surface area contributed by atoms with Gasteiger partial charge >= 0.3 is 0 Å². The molecule has 3 N–H and O–H groups in total. The van der Waals surface area contributed by atoms with Crippen LogP contribution in [0.3, 0.4) is 0 Å². The molecule has 1 amide bonds. The van der Waals surface area contributed by atoms with E-state index in [0.717, 1.165) is 11.3 Å². The Bertz CT molecular complexity index is 608. The third-order valence-electron chi connectivity index (χ3n) is 3.14. The average molecular weight is 258 g/mol. The van der Waals surface area contributed by atoms with Gasteiger partial charge in [0.15, 0.2) is 0 Å². The maximum atomic E-state index is 12.4. The van der Waals surface area contributed by atoms with Crippen LogP contribution in [0, 0.1) is 0 Å². The molecule has 0 saturated heterocycles. The summed E-state index contributed by atoms with van der Waals surface area (Å²) in [6, 6.07) is 7.72. The number of nitrogens with one attached hydrogen (secondary N) is 1. The van der Waals surface area contributed by atoms with Gasteiger partial charge in [-0.25, -0.2) is 0 Å². The number of fused-ring (bicyclic) bond motifs is 1. The number of hydrogen-bond acceptors (Lipinski definition) is 4. The van der Waals surface area contributed by atoms with Crippen molar-refractivity contribution in [1.82, 2.24) is 15.1 Å². The lowest BCUT2D eigenvalue weighted by Gasteiger charge is -2.19. The Hall–Kier alpha value is -2.50. The smallest absolute Gasteiger partial charge is 0.259 e. The zero-order valence-electron chi connectivity index (χ0n) is 10.3. The fourth-order valence-corrected chi connectivity index (χ4v) is 2.14. The van der Waals surface area contributed by atoms with E-state index in [9.17, 15) is 4.79 Å². The van der Waals surface area contributed by atoms with Gasteiger partial charge in [-0.15, -0.1) is 0 Å². The molecule has 6 heteroatoms. The summed E-state index contributed by atoms with van der Waals surface area (Å²) in [5.41, 5.74) is 7.08. The van der Waals surface area contributed by atoms with Gasteiger partial charge in [0.05, 0.1) is 12.7 Å². The number of nitrogens with two attached hydrogens (primary N) is 1. The first-order valence-electron chi connectivity index (χ1n) is 6.04. The maximum absolute atomic E-state index is 12.4. The number of carbonyl (C=O) groups is 1. The molecule has 0 bridgehead atoms. The van der Waals surface area contributed by atoms with E-state index in [1.807, 2.05) is 24.3 Å². The summed E-state index contributed by atoms with van der Waals surface area (Å²) in [6.07, 6.45) is 1.45. The van der Waals surface area contributed by atoms with Gasteiger partial charge in [0, 0.05) is 12.1 Å². The molecule has 0 radical (unpaired) electrons. The van der Waals surface area contributed by atoms with Crippen molar-refractivity contribution in [2.45, 2.75) is 6.54 Å². The second-order valence-electron chi connectivity index (χ2n) is 4.38. The highest BCUT2D eigenvalue weighted by atomic mass is 16.5. The van der Waals surface area contributed by atoms with Gasteiger partial charge in [-0.1, -0.05) is 18.2 Å². The monoisotopic (exact) mass is 258 g/mol. The summed E-state index contributed by atoms with van der Waals surface area (Å²) in [5.74, 6) is 0.993. The number of H-pyrrole nitrogens is 1. The number of rotatable bonds is 1. The van der Waals surface area contributed by atoms with Crippen LogP contribution in [0.4, 0.5) is 5.82 Å². The summed E-state index contributed by atoms with van der Waals surface area (Å²) < 4.78 is 5.63. The number of aromatic nitrogens is 2. The third-order valence-corrected chi connectivity index (χ3v) is 3.14. The van der Waals surface area contributed by atoms with E-state index < -0.39 is 0 Å². The molecule has 1 aliphatic rings. The van der Waals surface area contributed by atoms with Crippen LogP contribution in [0.5, 0.6) is 5.75 Å². The Balaban J connectivity index is 1.87. The van der Waals surface area contributed by atoms with Crippen LogP contribution in [-0.2, 0) is 6.54 Å². The zero-order chi connectivity index (χ0) is 13.2. The lowest BCUT2D eigenvalue weighted by atomic mass is 10.2. The summed E-state index contributed by atoms with van der Waals surface area (Å²) in [7, 11) is 0. The first-order chi connectivity index (χ1) is 9.25. The summed E-state index contributed by atoms with van der Waals surface area (Å²) in [6.45, 7) is 1.51. The molecule has 1 aromatic carbocycles. The predicted octanol–water partition coefficient (Wildman–Crippen LogP) is 1.03. The van der Waals surface area contributed by atoms with E-state index in [4.69, 9.17) is 10.5 Å². The predicted molar refractivity (Wildman–Crippen MR) is 69.7 cm³/mol. The Morgan fingerprint density at radius 3 is 3.05 bits per heavy atom. The largest absolute Gasteiger partial charge is 0.491 e. The average Bonchev–Trinajstić information content (AvgIpc) is 2.73. The maximum Gasteiger partial charge on any atom is 0.259 e. The molecule has 0 atom stereocenters. The van der Waals surface area contributed by atoms with Crippen molar-refractivity contribution in [1.29, 1.82) is 0 Å². The van der Waals surface area contributed by atoms with Crippen molar-refractivity contribution in [3.05, 3.63) is 41.6 Å². The van der Waals surface area contributed by atoms with E-state index in [2.05, 4.69) is 10.2 Å². The molecule has 1 aliphatic heterocycles. The summed E-state index contributed by atoms with van der Waals surface area (Å²) >= 11 is 0. The van der Waals surface area contributed by atoms with Crippen LogP contribution >= 0.6 is 0 Å². The molecule has 0 aliphatic carbocycles. The molecule has 98 valence electrons. The SMILES string of the molecule is Nc1[nH]ncc1C(=O)N1CCOc2ccccc2C1. The zero-order valence-corrected chi connectivity index (χ0v) is 10.3. The van der Waals surface area contributed by atoms with Gasteiger partial charge in [0.2, 0.25) is 0 Å². The highest BCUT2D eigenvalue weighted by molar-refractivity contribution is 5.98. The van der Waals surface area contributed by atoms with Crippen molar-refractivity contribution >= 4 is 11.7 Å². The lowest BCUT2D eigenvalue weighted by molar-refractivity contribution is 0.0734. The van der Waals surface area contributed by atoms with Gasteiger partial charge in [-0.05, 0) is 6.07 Å². The van der Waals surface area contributed by atoms with Crippen LogP contribution < -0.4 is 10.5 Å². The molecule has 0 unspecified atom stereocenters. The summed E-state index contributed by atoms with van der Waals surface area (Å²) in [4.78, 5) is 14.1. The number of para-hydroxylation sites is 1. The first kappa shape index (κ1) is 11.6. The third kappa shape index (κ3) is 2.12. The number of hydrogen-bond donors (Lipinski definition) is 2. The number of amides is 1. The standard InChI is InChI=1S/C13H14N4O2/c14-12-10(7-15-16-12)13(18)17-5-6-19-11-4-2-1-3-9(11)8-17/h1-4,7H,5-6,8H2,(H3,14,15,16). The Labute approximate surface area is 110 Å². The second-order valence-corrected chi connectivity index (χ2v) is 4.38. The van der Waals surface area contributed by atoms with Gasteiger partial charge < -0.3 is 15.4 Å². The van der Waals surface area contributed by atoms with Crippen molar-refractivity contribution < 1.29 is 9.53 Å². The van der Waals surface area contributed by atoms with Crippen LogP contribution in [0.25, 0.3) is 0 Å². The highest BCUT2D eigenvalue weighted by Crippen LogP contribution is 2.23. The minimum atomic E-state index is -0.133. The van der Waals surface area contributed by atoms with Crippen molar-refractivity contribution in [3.63, 3.8) is 0 Å². The molecule has 0 fully saturated rings. The molecular weight excluding hydrogens is 244 g/mol. The van der Waals surface area contributed by atoms with Crippen LogP contribution in [0.1, 0.15) is 15.9 Å². The number of aromatic amines is 1. The van der Waals surface area contributed by atoms with Gasteiger partial charge in [0.1, 0.15) is 23.7 Å². The molecule has 0 spiro atoms. The Morgan fingerprint density at radius 1 is 1.42 bits per heavy atom. The Morgan fingerprint density at radius 2 is 2.26 bits per heavy atom. The topological polar surface area (TPSA) is 84.2 Å². The van der Waals surface area contributed by atoms with Gasteiger partial charge in [-0.3, -0.25) is 9.89 Å². The second kappa shape index (κ2) is 4.64. The molecule has 1 aromatic heterocycles. The number of benzene rings is 1. The number of carbonyl (C=O) groups excluding carboxylic acids is 1. The number of ether oxygens (including phenoxy) is 1. The van der Waals surface area contributed by atoms with E-state index in [1.54, 1.807) is 4.90 Å². The van der Waals surface area contributed by atoms with E-state index in [-0.39, 0.29) is 5.91 Å². The van der Waals surface area contributed by atoms with Crippen LogP contribution in [0.15, 0.2) is 30.5 Å². The minimum absolute atomic E-state index is 0.133. The fraction of sp³-hybridized carbons (Fsp3) is 0.231. The number of nitrogen functional groups attached to an aromatic ring is 1. The van der Waals surface area contributed by atoms with Crippen LogP contribution in [-0.4, -0.2) is 34.2 Å². The minimum Gasteiger partial charge on any atom is -0.491 e. The van der Waals surface area contributed by atoms with E-state index in [1.165, 1.54) is 6.20 Å². The van der Waals surface area contributed by atoms with Crippen molar-refractivity contribution in [2.75, 3.05) is 18.9 Å². The molecule has 2 aromatic rings. The normalized spacial score (nSPS) is 14.4. The van der Waals surface area contributed by atoms with Crippen molar-refractivity contribution in [2.24, 2.45) is 0 Å². The lowest BCUT2D eigenvalue weighted by Crippen LogP contribution is -2.32. The van der Waals surface area contributed by atoms with Gasteiger partial charge in [0.25, 0.3) is 5.91 Å². The molecular formula is C13H14N4O2. The highest BCUT2D eigenvalue weighted by Gasteiger charge is 2.23. The molecule has 0 saturated carbocycles.